The van der Waals surface area contributed by atoms with Crippen LogP contribution in [0.25, 0.3) is 0 Å². The molecule has 1 N–H and O–H groups in total. The summed E-state index contributed by atoms with van der Waals surface area (Å²) < 4.78 is 31.5. The number of ether oxygens (including phenoxy) is 1. The Labute approximate surface area is 176 Å². The zero-order valence-corrected chi connectivity index (χ0v) is 18.1. The summed E-state index contributed by atoms with van der Waals surface area (Å²) in [5.41, 5.74) is 2.81. The normalized spacial score (nSPS) is 16.5. The smallest absolute Gasteiger partial charge is 0.261 e. The fraction of sp³-hybridized carbons (Fsp3) is 0.381. The molecule has 0 unspecified atom stereocenters. The molecule has 1 atom stereocenters. The van der Waals surface area contributed by atoms with Crippen LogP contribution in [0.5, 0.6) is 5.75 Å². The lowest BCUT2D eigenvalue weighted by Crippen LogP contribution is -2.40. The SMILES string of the molecule is Cc1cccc(CCCNC(=O)[C@H]2CCN(S(C)(=O)=O)c3cc(Cl)ccc3O2)c1. The minimum Gasteiger partial charge on any atom is -0.478 e. The van der Waals surface area contributed by atoms with Crippen molar-refractivity contribution in [2.24, 2.45) is 0 Å². The standard InChI is InChI=1S/C21H25ClN2O4S/c1-15-5-3-6-16(13-15)7-4-11-23-21(25)20-10-12-24(29(2,26)27)18-14-17(22)8-9-19(18)28-20/h3,5-6,8-9,13-14,20H,4,7,10-12H2,1-2H3,(H,23,25)/t20-/m1/s1. The number of hydrogen-bond donors (Lipinski definition) is 1. The van der Waals surface area contributed by atoms with Gasteiger partial charge in [0.25, 0.3) is 5.91 Å². The van der Waals surface area contributed by atoms with Gasteiger partial charge in [-0.2, -0.15) is 0 Å². The van der Waals surface area contributed by atoms with Crippen molar-refractivity contribution in [1.29, 1.82) is 0 Å². The summed E-state index contributed by atoms with van der Waals surface area (Å²) in [7, 11) is -3.52. The van der Waals surface area contributed by atoms with Gasteiger partial charge in [-0.3, -0.25) is 9.10 Å². The van der Waals surface area contributed by atoms with E-state index in [0.717, 1.165) is 19.1 Å². The number of hydrogen-bond acceptors (Lipinski definition) is 4. The van der Waals surface area contributed by atoms with E-state index in [1.54, 1.807) is 18.2 Å². The van der Waals surface area contributed by atoms with Crippen LogP contribution >= 0.6 is 11.6 Å². The van der Waals surface area contributed by atoms with Crippen molar-refractivity contribution in [3.63, 3.8) is 0 Å². The number of benzene rings is 2. The maximum Gasteiger partial charge on any atom is 0.261 e. The molecule has 29 heavy (non-hydrogen) atoms. The molecule has 1 aliphatic rings. The van der Waals surface area contributed by atoms with Crippen molar-refractivity contribution in [2.45, 2.75) is 32.3 Å². The van der Waals surface area contributed by atoms with E-state index in [1.807, 2.05) is 6.07 Å². The number of halogens is 1. The van der Waals surface area contributed by atoms with E-state index < -0.39 is 16.1 Å². The van der Waals surface area contributed by atoms with Crippen LogP contribution in [-0.2, 0) is 21.2 Å². The minimum atomic E-state index is -3.52. The average molecular weight is 437 g/mol. The fourth-order valence-corrected chi connectivity index (χ4v) is 4.47. The summed E-state index contributed by atoms with van der Waals surface area (Å²) >= 11 is 6.03. The monoisotopic (exact) mass is 436 g/mol. The first-order valence-electron chi connectivity index (χ1n) is 9.51. The molecule has 0 radical (unpaired) electrons. The van der Waals surface area contributed by atoms with Crippen molar-refractivity contribution in [1.82, 2.24) is 5.32 Å². The number of anilines is 1. The molecule has 1 heterocycles. The van der Waals surface area contributed by atoms with Crippen molar-refractivity contribution in [3.05, 3.63) is 58.6 Å². The van der Waals surface area contributed by atoms with E-state index in [4.69, 9.17) is 16.3 Å². The van der Waals surface area contributed by atoms with Crippen LogP contribution in [0.15, 0.2) is 42.5 Å². The first-order valence-corrected chi connectivity index (χ1v) is 11.7. The Morgan fingerprint density at radius 3 is 2.79 bits per heavy atom. The molecule has 2 aromatic carbocycles. The van der Waals surface area contributed by atoms with Crippen molar-refractivity contribution in [3.8, 4) is 5.75 Å². The molecule has 0 fully saturated rings. The zero-order chi connectivity index (χ0) is 21.0. The summed E-state index contributed by atoms with van der Waals surface area (Å²) in [4.78, 5) is 12.6. The molecule has 0 saturated carbocycles. The van der Waals surface area contributed by atoms with Gasteiger partial charge < -0.3 is 10.1 Å². The minimum absolute atomic E-state index is 0.146. The quantitative estimate of drug-likeness (QED) is 0.705. The number of fused-ring (bicyclic) bond motifs is 1. The molecular weight excluding hydrogens is 412 g/mol. The van der Waals surface area contributed by atoms with Gasteiger partial charge in [-0.1, -0.05) is 41.4 Å². The third kappa shape index (κ3) is 5.64. The summed E-state index contributed by atoms with van der Waals surface area (Å²) in [5, 5.41) is 3.31. The Kier molecular flexibility index (Phi) is 6.70. The van der Waals surface area contributed by atoms with Gasteiger partial charge in [0, 0.05) is 24.5 Å². The topological polar surface area (TPSA) is 75.7 Å². The summed E-state index contributed by atoms with van der Waals surface area (Å²) in [6.45, 7) is 2.73. The van der Waals surface area contributed by atoms with Crippen LogP contribution in [-0.4, -0.2) is 39.8 Å². The molecule has 0 aliphatic carbocycles. The third-order valence-corrected chi connectivity index (χ3v) is 6.19. The second kappa shape index (κ2) is 9.05. The van der Waals surface area contributed by atoms with Gasteiger partial charge in [0.2, 0.25) is 10.0 Å². The molecule has 3 rings (SSSR count). The van der Waals surface area contributed by atoms with Gasteiger partial charge in [0.1, 0.15) is 5.75 Å². The molecule has 1 aliphatic heterocycles. The summed E-state index contributed by atoms with van der Waals surface area (Å²) in [6, 6.07) is 13.0. The molecule has 0 spiro atoms. The molecule has 0 bridgehead atoms. The van der Waals surface area contributed by atoms with Crippen LogP contribution in [0.1, 0.15) is 24.0 Å². The lowest BCUT2D eigenvalue weighted by molar-refractivity contribution is -0.128. The van der Waals surface area contributed by atoms with Crippen LogP contribution < -0.4 is 14.4 Å². The van der Waals surface area contributed by atoms with Gasteiger partial charge in [0.15, 0.2) is 6.10 Å². The molecular formula is C21H25ClN2O4S. The van der Waals surface area contributed by atoms with Crippen molar-refractivity contribution >= 4 is 33.2 Å². The second-order valence-electron chi connectivity index (χ2n) is 7.23. The summed E-state index contributed by atoms with van der Waals surface area (Å²) in [6.07, 6.45) is 2.30. The van der Waals surface area contributed by atoms with Crippen LogP contribution in [0.3, 0.4) is 0 Å². The van der Waals surface area contributed by atoms with Gasteiger partial charge >= 0.3 is 0 Å². The Bertz CT molecular complexity index is 994. The number of carbonyl (C=O) groups excluding carboxylic acids is 1. The number of aryl methyl sites for hydroxylation is 2. The van der Waals surface area contributed by atoms with Crippen LogP contribution in [0.4, 0.5) is 5.69 Å². The molecule has 0 saturated heterocycles. The van der Waals surface area contributed by atoms with Gasteiger partial charge in [0.05, 0.1) is 11.9 Å². The fourth-order valence-electron chi connectivity index (χ4n) is 3.37. The van der Waals surface area contributed by atoms with E-state index >= 15 is 0 Å². The molecule has 8 heteroatoms. The Balaban J connectivity index is 1.62. The van der Waals surface area contributed by atoms with E-state index in [-0.39, 0.29) is 18.9 Å². The first-order chi connectivity index (χ1) is 13.7. The Morgan fingerprint density at radius 2 is 2.07 bits per heavy atom. The molecule has 2 aromatic rings. The maximum atomic E-state index is 12.6. The highest BCUT2D eigenvalue weighted by Crippen LogP contribution is 2.36. The maximum absolute atomic E-state index is 12.6. The average Bonchev–Trinajstić information content (AvgIpc) is 2.84. The highest BCUT2D eigenvalue weighted by Gasteiger charge is 2.31. The van der Waals surface area contributed by atoms with Gasteiger partial charge in [-0.15, -0.1) is 0 Å². The molecule has 0 aromatic heterocycles. The molecule has 156 valence electrons. The molecule has 1 amide bonds. The highest BCUT2D eigenvalue weighted by atomic mass is 35.5. The summed E-state index contributed by atoms with van der Waals surface area (Å²) in [5.74, 6) is 0.0859. The highest BCUT2D eigenvalue weighted by molar-refractivity contribution is 7.92. The third-order valence-electron chi connectivity index (χ3n) is 4.77. The number of nitrogens with zero attached hydrogens (tertiary/aromatic N) is 1. The lowest BCUT2D eigenvalue weighted by Gasteiger charge is -2.21. The van der Waals surface area contributed by atoms with Crippen LogP contribution in [0, 0.1) is 6.92 Å². The van der Waals surface area contributed by atoms with E-state index in [2.05, 4.69) is 30.4 Å². The first kappa shape index (κ1) is 21.5. The van der Waals surface area contributed by atoms with E-state index in [1.165, 1.54) is 15.4 Å². The van der Waals surface area contributed by atoms with Crippen molar-refractivity contribution < 1.29 is 17.9 Å². The predicted octanol–water partition coefficient (Wildman–Crippen LogP) is 3.31. The second-order valence-corrected chi connectivity index (χ2v) is 9.57. The number of nitrogens with one attached hydrogen (secondary N) is 1. The lowest BCUT2D eigenvalue weighted by atomic mass is 10.1. The Hall–Kier alpha value is -2.25. The van der Waals surface area contributed by atoms with E-state index in [9.17, 15) is 13.2 Å². The largest absolute Gasteiger partial charge is 0.478 e. The number of rotatable bonds is 6. The van der Waals surface area contributed by atoms with Crippen molar-refractivity contribution in [2.75, 3.05) is 23.7 Å². The van der Waals surface area contributed by atoms with Gasteiger partial charge in [-0.25, -0.2) is 8.42 Å². The van der Waals surface area contributed by atoms with E-state index in [0.29, 0.717) is 23.0 Å². The number of amides is 1. The van der Waals surface area contributed by atoms with Crippen LogP contribution in [0.2, 0.25) is 5.02 Å². The zero-order valence-electron chi connectivity index (χ0n) is 16.5. The van der Waals surface area contributed by atoms with Gasteiger partial charge in [-0.05, 0) is 43.5 Å². The number of carbonyl (C=O) groups is 1. The molecule has 6 nitrogen and oxygen atoms in total. The predicted molar refractivity (Wildman–Crippen MR) is 115 cm³/mol. The number of sulfonamides is 1. The Morgan fingerprint density at radius 1 is 1.28 bits per heavy atom.